The molecule has 1 heterocycles. The molecule has 1 aliphatic rings. The van der Waals surface area contributed by atoms with Crippen molar-refractivity contribution in [2.45, 2.75) is 39.3 Å². The Bertz CT molecular complexity index is 436. The van der Waals surface area contributed by atoms with Crippen LogP contribution < -0.4 is 10.2 Å². The zero-order chi connectivity index (χ0) is 14.5. The van der Waals surface area contributed by atoms with Gasteiger partial charge in [-0.2, -0.15) is 0 Å². The largest absolute Gasteiger partial charge is 0.396 e. The number of nitrogens with zero attached hydrogens (tertiary/aromatic N) is 1. The van der Waals surface area contributed by atoms with Crippen molar-refractivity contribution in [3.05, 3.63) is 29.6 Å². The number of nitrogens with one attached hydrogen (secondary N) is 1. The Hall–Kier alpha value is -1.13. The summed E-state index contributed by atoms with van der Waals surface area (Å²) in [5, 5.41) is 12.4. The molecule has 0 aliphatic carbocycles. The highest BCUT2D eigenvalue weighted by molar-refractivity contribution is 5.54. The maximum Gasteiger partial charge on any atom is 0.123 e. The molecule has 1 atom stereocenters. The lowest BCUT2D eigenvalue weighted by Gasteiger charge is -2.23. The molecule has 4 heteroatoms. The second-order valence-corrected chi connectivity index (χ2v) is 5.92. The van der Waals surface area contributed by atoms with Gasteiger partial charge >= 0.3 is 0 Å². The molecule has 0 radical (unpaired) electrons. The summed E-state index contributed by atoms with van der Waals surface area (Å²) < 4.78 is 13.5. The van der Waals surface area contributed by atoms with Gasteiger partial charge in [-0.25, -0.2) is 4.39 Å². The van der Waals surface area contributed by atoms with Crippen LogP contribution >= 0.6 is 0 Å². The second kappa shape index (κ2) is 7.04. The van der Waals surface area contributed by atoms with Gasteiger partial charge in [0.2, 0.25) is 0 Å². The minimum absolute atomic E-state index is 0.180. The van der Waals surface area contributed by atoms with Crippen molar-refractivity contribution in [1.82, 2.24) is 5.32 Å². The van der Waals surface area contributed by atoms with E-state index < -0.39 is 0 Å². The number of aliphatic hydroxyl groups is 1. The highest BCUT2D eigenvalue weighted by Crippen LogP contribution is 2.29. The number of halogens is 1. The van der Waals surface area contributed by atoms with Crippen molar-refractivity contribution >= 4 is 5.69 Å². The Balaban J connectivity index is 2.10. The fraction of sp³-hybridized carbons (Fsp3) is 0.625. The molecular formula is C16H25FN2O. The summed E-state index contributed by atoms with van der Waals surface area (Å²) in [5.74, 6) is 0.372. The smallest absolute Gasteiger partial charge is 0.123 e. The molecule has 1 saturated heterocycles. The van der Waals surface area contributed by atoms with Gasteiger partial charge < -0.3 is 15.3 Å². The molecule has 0 saturated carbocycles. The number of hydrogen-bond donors (Lipinski definition) is 2. The zero-order valence-corrected chi connectivity index (χ0v) is 12.4. The molecule has 3 nitrogen and oxygen atoms in total. The van der Waals surface area contributed by atoms with Crippen LogP contribution in [0.25, 0.3) is 0 Å². The lowest BCUT2D eigenvalue weighted by molar-refractivity contribution is 0.263. The van der Waals surface area contributed by atoms with E-state index in [9.17, 15) is 4.39 Å². The number of hydrogen-bond acceptors (Lipinski definition) is 3. The number of rotatable bonds is 6. The molecule has 2 rings (SSSR count). The lowest BCUT2D eigenvalue weighted by Crippen LogP contribution is -2.26. The van der Waals surface area contributed by atoms with E-state index in [0.717, 1.165) is 37.2 Å². The van der Waals surface area contributed by atoms with Crippen LogP contribution in [0, 0.1) is 11.7 Å². The zero-order valence-electron chi connectivity index (χ0n) is 12.4. The van der Waals surface area contributed by atoms with Crippen molar-refractivity contribution in [3.63, 3.8) is 0 Å². The fourth-order valence-electron chi connectivity index (χ4n) is 2.79. The van der Waals surface area contributed by atoms with Crippen LogP contribution in [0.3, 0.4) is 0 Å². The van der Waals surface area contributed by atoms with Crippen LogP contribution in [0.4, 0.5) is 10.1 Å². The predicted molar refractivity (Wildman–Crippen MR) is 80.4 cm³/mol. The molecule has 0 bridgehead atoms. The summed E-state index contributed by atoms with van der Waals surface area (Å²) in [5.41, 5.74) is 2.14. The van der Waals surface area contributed by atoms with Gasteiger partial charge in [-0.1, -0.05) is 13.8 Å². The molecule has 0 aromatic heterocycles. The van der Waals surface area contributed by atoms with Crippen molar-refractivity contribution in [2.75, 3.05) is 24.6 Å². The summed E-state index contributed by atoms with van der Waals surface area (Å²) in [6.45, 7) is 7.07. The first-order valence-electron chi connectivity index (χ1n) is 7.47. The maximum atomic E-state index is 13.5. The van der Waals surface area contributed by atoms with Crippen LogP contribution in [0.2, 0.25) is 0 Å². The first-order valence-corrected chi connectivity index (χ1v) is 7.47. The predicted octanol–water partition coefficient (Wildman–Crippen LogP) is 2.53. The van der Waals surface area contributed by atoms with E-state index in [2.05, 4.69) is 24.1 Å². The van der Waals surface area contributed by atoms with Gasteiger partial charge in [0.1, 0.15) is 5.82 Å². The lowest BCUT2D eigenvalue weighted by atomic mass is 10.1. The van der Waals surface area contributed by atoms with E-state index >= 15 is 0 Å². The van der Waals surface area contributed by atoms with Crippen molar-refractivity contribution in [3.8, 4) is 0 Å². The Kier molecular flexibility index (Phi) is 5.38. The number of anilines is 1. The monoisotopic (exact) mass is 280 g/mol. The van der Waals surface area contributed by atoms with Gasteiger partial charge in [0.05, 0.1) is 0 Å². The highest BCUT2D eigenvalue weighted by atomic mass is 19.1. The summed E-state index contributed by atoms with van der Waals surface area (Å²) >= 11 is 0. The molecule has 1 aliphatic heterocycles. The van der Waals surface area contributed by atoms with E-state index in [0.29, 0.717) is 18.5 Å². The Morgan fingerprint density at radius 1 is 1.45 bits per heavy atom. The molecule has 1 aromatic rings. The Morgan fingerprint density at radius 2 is 2.25 bits per heavy atom. The quantitative estimate of drug-likeness (QED) is 0.840. The molecule has 1 fully saturated rings. The van der Waals surface area contributed by atoms with Crippen LogP contribution in [0.5, 0.6) is 0 Å². The summed E-state index contributed by atoms with van der Waals surface area (Å²) in [4.78, 5) is 2.32. The van der Waals surface area contributed by atoms with Gasteiger partial charge in [0, 0.05) is 38.0 Å². The normalized spacial score (nSPS) is 19.1. The molecule has 1 unspecified atom stereocenters. The van der Waals surface area contributed by atoms with E-state index in [-0.39, 0.29) is 12.4 Å². The highest BCUT2D eigenvalue weighted by Gasteiger charge is 2.23. The molecule has 0 spiro atoms. The van der Waals surface area contributed by atoms with Gasteiger partial charge in [-0.15, -0.1) is 0 Å². The van der Waals surface area contributed by atoms with Crippen LogP contribution in [-0.4, -0.2) is 30.8 Å². The van der Waals surface area contributed by atoms with Crippen LogP contribution in [-0.2, 0) is 6.54 Å². The minimum Gasteiger partial charge on any atom is -0.396 e. The average molecular weight is 280 g/mol. The maximum absolute atomic E-state index is 13.5. The molecule has 1 aromatic carbocycles. The molecule has 20 heavy (non-hydrogen) atoms. The fourth-order valence-corrected chi connectivity index (χ4v) is 2.79. The third-order valence-corrected chi connectivity index (χ3v) is 3.91. The molecule has 0 amide bonds. The number of aliphatic hydroxyl groups excluding tert-OH is 1. The van der Waals surface area contributed by atoms with Gasteiger partial charge in [0.25, 0.3) is 0 Å². The van der Waals surface area contributed by atoms with Gasteiger partial charge in [-0.05, 0) is 42.5 Å². The van der Waals surface area contributed by atoms with E-state index in [1.807, 2.05) is 6.07 Å². The van der Waals surface area contributed by atoms with E-state index in [1.165, 1.54) is 6.07 Å². The van der Waals surface area contributed by atoms with E-state index in [4.69, 9.17) is 5.11 Å². The summed E-state index contributed by atoms with van der Waals surface area (Å²) in [7, 11) is 0. The standard InChI is InChI=1S/C16H25FN2O/c1-12(2)18-10-14-9-15(17)3-4-16(14)19-7-5-13(11-19)6-8-20/h3-4,9,12-13,18,20H,5-8,10-11H2,1-2H3. The third kappa shape index (κ3) is 3.93. The summed E-state index contributed by atoms with van der Waals surface area (Å²) in [6, 6.07) is 5.43. The minimum atomic E-state index is -0.180. The Labute approximate surface area is 120 Å². The van der Waals surface area contributed by atoms with Crippen LogP contribution in [0.1, 0.15) is 32.3 Å². The molecular weight excluding hydrogens is 255 g/mol. The molecule has 2 N–H and O–H groups in total. The summed E-state index contributed by atoms with van der Waals surface area (Å²) in [6.07, 6.45) is 1.96. The molecule has 112 valence electrons. The second-order valence-electron chi connectivity index (χ2n) is 5.92. The van der Waals surface area contributed by atoms with Crippen LogP contribution in [0.15, 0.2) is 18.2 Å². The topological polar surface area (TPSA) is 35.5 Å². The van der Waals surface area contributed by atoms with Crippen molar-refractivity contribution < 1.29 is 9.50 Å². The SMILES string of the molecule is CC(C)NCc1cc(F)ccc1N1CCC(CCO)C1. The van der Waals surface area contributed by atoms with Crippen molar-refractivity contribution in [1.29, 1.82) is 0 Å². The first kappa shape index (κ1) is 15.3. The first-order chi connectivity index (χ1) is 9.60. The average Bonchev–Trinajstić information content (AvgIpc) is 2.85. The van der Waals surface area contributed by atoms with Gasteiger partial charge in [-0.3, -0.25) is 0 Å². The van der Waals surface area contributed by atoms with E-state index in [1.54, 1.807) is 6.07 Å². The number of benzene rings is 1. The Morgan fingerprint density at radius 3 is 2.95 bits per heavy atom. The van der Waals surface area contributed by atoms with Gasteiger partial charge in [0.15, 0.2) is 0 Å². The third-order valence-electron chi connectivity index (χ3n) is 3.91. The van der Waals surface area contributed by atoms with Crippen molar-refractivity contribution in [2.24, 2.45) is 5.92 Å².